The molecule has 2 aromatic rings. The van der Waals surface area contributed by atoms with Crippen LogP contribution in [0.25, 0.3) is 0 Å². The number of amides is 1. The van der Waals surface area contributed by atoms with E-state index in [4.69, 9.17) is 0 Å². The van der Waals surface area contributed by atoms with Crippen LogP contribution in [0, 0.1) is 0 Å². The standard InChI is InChI=1S/C17H23N3O3S/c1-17(2,3)15-14(11-19(4)18-15)16(21)20(5)12-7-9-13(10-8-12)24(6,22)23/h7-11H,1-6H3. The van der Waals surface area contributed by atoms with E-state index in [0.29, 0.717) is 11.3 Å². The van der Waals surface area contributed by atoms with Gasteiger partial charge in [-0.05, 0) is 24.3 Å². The highest BCUT2D eigenvalue weighted by Crippen LogP contribution is 2.26. The van der Waals surface area contributed by atoms with Gasteiger partial charge in [0.25, 0.3) is 5.91 Å². The zero-order chi connectivity index (χ0) is 18.3. The lowest BCUT2D eigenvalue weighted by Crippen LogP contribution is -2.28. The lowest BCUT2D eigenvalue weighted by molar-refractivity contribution is 0.0991. The summed E-state index contributed by atoms with van der Waals surface area (Å²) in [7, 11) is 0.191. The molecule has 0 N–H and O–H groups in total. The first-order chi connectivity index (χ1) is 10.9. The summed E-state index contributed by atoms with van der Waals surface area (Å²) in [6, 6.07) is 6.26. The molecule has 1 amide bonds. The highest BCUT2D eigenvalue weighted by Gasteiger charge is 2.27. The average Bonchev–Trinajstić information content (AvgIpc) is 2.87. The van der Waals surface area contributed by atoms with Crippen LogP contribution in [0.1, 0.15) is 36.8 Å². The Morgan fingerprint density at radius 3 is 2.17 bits per heavy atom. The topological polar surface area (TPSA) is 72.3 Å². The summed E-state index contributed by atoms with van der Waals surface area (Å²) in [4.78, 5) is 14.6. The van der Waals surface area contributed by atoms with Crippen molar-refractivity contribution in [2.24, 2.45) is 7.05 Å². The molecular weight excluding hydrogens is 326 g/mol. The van der Waals surface area contributed by atoms with Crippen molar-refractivity contribution in [3.63, 3.8) is 0 Å². The molecule has 0 aliphatic carbocycles. The molecule has 0 aliphatic heterocycles. The van der Waals surface area contributed by atoms with E-state index in [-0.39, 0.29) is 16.2 Å². The van der Waals surface area contributed by atoms with Crippen LogP contribution in [0.3, 0.4) is 0 Å². The maximum Gasteiger partial charge on any atom is 0.261 e. The van der Waals surface area contributed by atoms with Crippen molar-refractivity contribution < 1.29 is 13.2 Å². The first-order valence-corrected chi connectivity index (χ1v) is 9.42. The molecule has 1 aromatic heterocycles. The van der Waals surface area contributed by atoms with Crippen molar-refractivity contribution in [3.05, 3.63) is 41.7 Å². The predicted molar refractivity (Wildman–Crippen MR) is 94.2 cm³/mol. The van der Waals surface area contributed by atoms with Gasteiger partial charge in [-0.25, -0.2) is 8.42 Å². The Bertz CT molecular complexity index is 859. The highest BCUT2D eigenvalue weighted by atomic mass is 32.2. The number of anilines is 1. The van der Waals surface area contributed by atoms with Gasteiger partial charge >= 0.3 is 0 Å². The molecule has 0 saturated heterocycles. The summed E-state index contributed by atoms with van der Waals surface area (Å²) in [5.74, 6) is -0.180. The SMILES string of the molecule is CN(C(=O)c1cn(C)nc1C(C)(C)C)c1ccc(S(C)(=O)=O)cc1. The maximum absolute atomic E-state index is 12.9. The van der Waals surface area contributed by atoms with Crippen LogP contribution in [0.4, 0.5) is 5.69 Å². The molecule has 0 bridgehead atoms. The van der Waals surface area contributed by atoms with E-state index in [1.807, 2.05) is 20.8 Å². The lowest BCUT2D eigenvalue weighted by atomic mass is 9.89. The Labute approximate surface area is 143 Å². The second-order valence-corrected chi connectivity index (χ2v) is 8.96. The minimum atomic E-state index is -3.26. The molecule has 7 heteroatoms. The van der Waals surface area contributed by atoms with Gasteiger partial charge in [0.15, 0.2) is 9.84 Å². The van der Waals surface area contributed by atoms with Gasteiger partial charge in [0.2, 0.25) is 0 Å². The number of aryl methyl sites for hydroxylation is 1. The molecule has 0 saturated carbocycles. The van der Waals surface area contributed by atoms with Crippen LogP contribution >= 0.6 is 0 Å². The van der Waals surface area contributed by atoms with Gasteiger partial charge in [0.05, 0.1) is 16.2 Å². The summed E-state index contributed by atoms with van der Waals surface area (Å²) in [5, 5.41) is 4.42. The number of rotatable bonds is 3. The minimum Gasteiger partial charge on any atom is -0.311 e. The molecule has 0 radical (unpaired) electrons. The van der Waals surface area contributed by atoms with Crippen LogP contribution in [0.15, 0.2) is 35.4 Å². The number of aromatic nitrogens is 2. The third kappa shape index (κ3) is 3.67. The average molecular weight is 349 g/mol. The summed E-state index contributed by atoms with van der Waals surface area (Å²) < 4.78 is 24.7. The fourth-order valence-corrected chi connectivity index (χ4v) is 3.04. The van der Waals surface area contributed by atoms with Crippen molar-refractivity contribution in [1.29, 1.82) is 0 Å². The fraction of sp³-hybridized carbons (Fsp3) is 0.412. The molecule has 0 spiro atoms. The molecule has 0 atom stereocenters. The quantitative estimate of drug-likeness (QED) is 0.853. The van der Waals surface area contributed by atoms with E-state index >= 15 is 0 Å². The van der Waals surface area contributed by atoms with Gasteiger partial charge in [-0.1, -0.05) is 20.8 Å². The van der Waals surface area contributed by atoms with Gasteiger partial charge in [-0.3, -0.25) is 9.48 Å². The zero-order valence-electron chi connectivity index (χ0n) is 14.9. The Hall–Kier alpha value is -2.15. The maximum atomic E-state index is 12.9. The van der Waals surface area contributed by atoms with Crippen LogP contribution in [-0.4, -0.2) is 37.4 Å². The third-order valence-corrected chi connectivity index (χ3v) is 4.85. The second kappa shape index (κ2) is 6.05. The number of carbonyl (C=O) groups excluding carboxylic acids is 1. The van der Waals surface area contributed by atoms with Crippen molar-refractivity contribution in [2.75, 3.05) is 18.2 Å². The van der Waals surface area contributed by atoms with Gasteiger partial charge < -0.3 is 4.90 Å². The van der Waals surface area contributed by atoms with Crippen molar-refractivity contribution in [2.45, 2.75) is 31.1 Å². The Morgan fingerprint density at radius 1 is 1.17 bits per heavy atom. The molecular formula is C17H23N3O3S. The fourth-order valence-electron chi connectivity index (χ4n) is 2.41. The van der Waals surface area contributed by atoms with Crippen LogP contribution in [0.2, 0.25) is 0 Å². The molecule has 0 unspecified atom stereocenters. The number of benzene rings is 1. The minimum absolute atomic E-state index is 0.180. The van der Waals surface area contributed by atoms with E-state index < -0.39 is 9.84 Å². The zero-order valence-corrected chi connectivity index (χ0v) is 15.7. The van der Waals surface area contributed by atoms with E-state index in [0.717, 1.165) is 11.9 Å². The third-order valence-electron chi connectivity index (χ3n) is 3.73. The lowest BCUT2D eigenvalue weighted by Gasteiger charge is -2.21. The van der Waals surface area contributed by atoms with Gasteiger partial charge in [-0.2, -0.15) is 5.10 Å². The van der Waals surface area contributed by atoms with Crippen LogP contribution in [-0.2, 0) is 22.3 Å². The molecule has 2 rings (SSSR count). The number of carbonyl (C=O) groups is 1. The van der Waals surface area contributed by atoms with Crippen LogP contribution in [0.5, 0.6) is 0 Å². The summed E-state index contributed by atoms with van der Waals surface area (Å²) in [5.41, 5.74) is 1.64. The number of sulfone groups is 1. The van der Waals surface area contributed by atoms with Crippen molar-refractivity contribution >= 4 is 21.4 Å². The summed E-state index contributed by atoms with van der Waals surface area (Å²) >= 11 is 0. The molecule has 1 aromatic carbocycles. The number of nitrogens with zero attached hydrogens (tertiary/aromatic N) is 3. The van der Waals surface area contributed by atoms with E-state index in [9.17, 15) is 13.2 Å². The first kappa shape index (κ1) is 18.2. The molecule has 6 nitrogen and oxygen atoms in total. The summed E-state index contributed by atoms with van der Waals surface area (Å²) in [6.07, 6.45) is 2.87. The van der Waals surface area contributed by atoms with E-state index in [1.54, 1.807) is 37.1 Å². The van der Waals surface area contributed by atoms with Crippen LogP contribution < -0.4 is 4.90 Å². The van der Waals surface area contributed by atoms with E-state index in [1.165, 1.54) is 17.0 Å². The normalized spacial score (nSPS) is 12.2. The number of hydrogen-bond acceptors (Lipinski definition) is 4. The molecule has 0 aliphatic rings. The monoisotopic (exact) mass is 349 g/mol. The molecule has 130 valence electrons. The first-order valence-electron chi connectivity index (χ1n) is 7.53. The Morgan fingerprint density at radius 2 is 1.71 bits per heavy atom. The van der Waals surface area contributed by atoms with Crippen molar-refractivity contribution in [1.82, 2.24) is 9.78 Å². The van der Waals surface area contributed by atoms with Gasteiger partial charge in [0.1, 0.15) is 0 Å². The van der Waals surface area contributed by atoms with Crippen molar-refractivity contribution in [3.8, 4) is 0 Å². The largest absolute Gasteiger partial charge is 0.311 e. The Kier molecular flexibility index (Phi) is 4.59. The highest BCUT2D eigenvalue weighted by molar-refractivity contribution is 7.90. The van der Waals surface area contributed by atoms with E-state index in [2.05, 4.69) is 5.10 Å². The summed E-state index contributed by atoms with van der Waals surface area (Å²) in [6.45, 7) is 6.02. The van der Waals surface area contributed by atoms with Gasteiger partial charge in [-0.15, -0.1) is 0 Å². The van der Waals surface area contributed by atoms with Gasteiger partial charge in [0, 0.05) is 37.7 Å². The molecule has 24 heavy (non-hydrogen) atoms. The smallest absolute Gasteiger partial charge is 0.261 e. The number of hydrogen-bond donors (Lipinski definition) is 0. The predicted octanol–water partition coefficient (Wildman–Crippen LogP) is 2.40. The second-order valence-electron chi connectivity index (χ2n) is 6.95. The molecule has 0 fully saturated rings. The molecule has 1 heterocycles. The Balaban J connectivity index is 2.37.